The number of halogens is 2. The van der Waals surface area contributed by atoms with Gasteiger partial charge in [0.1, 0.15) is 11.6 Å². The second-order valence-corrected chi connectivity index (χ2v) is 5.47. The molecule has 17 heavy (non-hydrogen) atoms. The molecule has 0 bridgehead atoms. The summed E-state index contributed by atoms with van der Waals surface area (Å²) in [7, 11) is 0. The van der Waals surface area contributed by atoms with Crippen LogP contribution < -0.4 is 10.5 Å². The molecular weight excluding hydrogens is 241 g/mol. The van der Waals surface area contributed by atoms with Crippen LogP contribution in [-0.2, 0) is 5.41 Å². The largest absolute Gasteiger partial charge is 0.489 e. The smallest absolute Gasteiger partial charge is 0.142 e. The molecule has 0 heterocycles. The average Bonchev–Trinajstić information content (AvgIpc) is 3.15. The Bertz CT molecular complexity index is 455. The van der Waals surface area contributed by atoms with E-state index in [2.05, 4.69) is 0 Å². The first kappa shape index (κ1) is 11.3. The summed E-state index contributed by atoms with van der Waals surface area (Å²) in [5.74, 6) is 0.339. The van der Waals surface area contributed by atoms with Gasteiger partial charge in [0.15, 0.2) is 0 Å². The first-order valence-corrected chi connectivity index (χ1v) is 6.39. The van der Waals surface area contributed by atoms with Crippen LogP contribution in [0, 0.1) is 5.82 Å². The van der Waals surface area contributed by atoms with Crippen molar-refractivity contribution in [3.05, 3.63) is 28.5 Å². The molecule has 2 saturated carbocycles. The summed E-state index contributed by atoms with van der Waals surface area (Å²) in [5, 5.41) is 0.367. The third-order valence-corrected chi connectivity index (χ3v) is 3.91. The molecule has 2 N–H and O–H groups in total. The van der Waals surface area contributed by atoms with Crippen LogP contribution >= 0.6 is 11.6 Å². The van der Waals surface area contributed by atoms with Gasteiger partial charge in [0.2, 0.25) is 0 Å². The van der Waals surface area contributed by atoms with Crippen molar-refractivity contribution in [2.45, 2.75) is 37.2 Å². The molecule has 0 aliphatic heterocycles. The fourth-order valence-electron chi connectivity index (χ4n) is 2.16. The highest BCUT2D eigenvalue weighted by molar-refractivity contribution is 6.32. The third kappa shape index (κ3) is 2.02. The SMILES string of the molecule is NCC1(c2cc(F)cc(Cl)c2OC2CC2)CC1. The van der Waals surface area contributed by atoms with Crippen LogP contribution in [0.2, 0.25) is 5.02 Å². The summed E-state index contributed by atoms with van der Waals surface area (Å²) < 4.78 is 19.3. The Morgan fingerprint density at radius 3 is 2.65 bits per heavy atom. The van der Waals surface area contributed by atoms with E-state index in [1.807, 2.05) is 0 Å². The zero-order chi connectivity index (χ0) is 12.0. The van der Waals surface area contributed by atoms with E-state index in [1.165, 1.54) is 12.1 Å². The van der Waals surface area contributed by atoms with E-state index in [0.29, 0.717) is 17.3 Å². The standard InChI is InChI=1S/C13H15ClFNO/c14-11-6-8(15)5-10(13(7-16)3-4-13)12(11)17-9-1-2-9/h5-6,9H,1-4,7,16H2. The molecular formula is C13H15ClFNO. The van der Waals surface area contributed by atoms with E-state index in [0.717, 1.165) is 31.2 Å². The van der Waals surface area contributed by atoms with Crippen LogP contribution in [0.15, 0.2) is 12.1 Å². The van der Waals surface area contributed by atoms with Gasteiger partial charge in [-0.05, 0) is 37.8 Å². The number of nitrogens with two attached hydrogens (primary N) is 1. The molecule has 1 aromatic carbocycles. The molecule has 0 saturated heterocycles. The minimum Gasteiger partial charge on any atom is -0.489 e. The second kappa shape index (κ2) is 3.85. The molecule has 2 fully saturated rings. The molecule has 0 unspecified atom stereocenters. The molecule has 0 aromatic heterocycles. The second-order valence-electron chi connectivity index (χ2n) is 5.07. The van der Waals surface area contributed by atoms with Crippen LogP contribution in [0.3, 0.4) is 0 Å². The van der Waals surface area contributed by atoms with E-state index in [4.69, 9.17) is 22.1 Å². The van der Waals surface area contributed by atoms with Crippen molar-refractivity contribution in [1.29, 1.82) is 0 Å². The van der Waals surface area contributed by atoms with E-state index in [-0.39, 0.29) is 17.3 Å². The number of benzene rings is 1. The maximum Gasteiger partial charge on any atom is 0.142 e. The van der Waals surface area contributed by atoms with Crippen LogP contribution in [-0.4, -0.2) is 12.6 Å². The lowest BCUT2D eigenvalue weighted by Gasteiger charge is -2.19. The van der Waals surface area contributed by atoms with Gasteiger partial charge in [-0.25, -0.2) is 4.39 Å². The Hall–Kier alpha value is -0.800. The van der Waals surface area contributed by atoms with Gasteiger partial charge < -0.3 is 10.5 Å². The summed E-state index contributed by atoms with van der Waals surface area (Å²) in [6.45, 7) is 0.522. The number of hydrogen-bond acceptors (Lipinski definition) is 2. The van der Waals surface area contributed by atoms with Crippen molar-refractivity contribution >= 4 is 11.6 Å². The van der Waals surface area contributed by atoms with Gasteiger partial charge in [0, 0.05) is 17.5 Å². The summed E-state index contributed by atoms with van der Waals surface area (Å²) in [6.07, 6.45) is 4.35. The van der Waals surface area contributed by atoms with Crippen molar-refractivity contribution < 1.29 is 9.13 Å². The molecule has 0 amide bonds. The zero-order valence-corrected chi connectivity index (χ0v) is 10.3. The van der Waals surface area contributed by atoms with Gasteiger partial charge in [0.25, 0.3) is 0 Å². The van der Waals surface area contributed by atoms with E-state index >= 15 is 0 Å². The topological polar surface area (TPSA) is 35.2 Å². The van der Waals surface area contributed by atoms with E-state index in [9.17, 15) is 4.39 Å². The molecule has 1 aromatic rings. The van der Waals surface area contributed by atoms with Crippen LogP contribution in [0.5, 0.6) is 5.75 Å². The normalized spacial score (nSPS) is 21.4. The van der Waals surface area contributed by atoms with Crippen LogP contribution in [0.1, 0.15) is 31.2 Å². The lowest BCUT2D eigenvalue weighted by molar-refractivity contribution is 0.297. The highest BCUT2D eigenvalue weighted by Gasteiger charge is 2.46. The predicted molar refractivity (Wildman–Crippen MR) is 65.0 cm³/mol. The molecule has 2 aliphatic rings. The molecule has 0 atom stereocenters. The fraction of sp³-hybridized carbons (Fsp3) is 0.538. The van der Waals surface area contributed by atoms with Gasteiger partial charge in [-0.15, -0.1) is 0 Å². The quantitative estimate of drug-likeness (QED) is 0.898. The highest BCUT2D eigenvalue weighted by atomic mass is 35.5. The molecule has 0 radical (unpaired) electrons. The third-order valence-electron chi connectivity index (χ3n) is 3.63. The molecule has 2 nitrogen and oxygen atoms in total. The number of rotatable bonds is 4. The maximum absolute atomic E-state index is 13.5. The zero-order valence-electron chi connectivity index (χ0n) is 9.51. The van der Waals surface area contributed by atoms with Crippen molar-refractivity contribution in [3.8, 4) is 5.75 Å². The molecule has 2 aliphatic carbocycles. The average molecular weight is 256 g/mol. The number of hydrogen-bond donors (Lipinski definition) is 1. The van der Waals surface area contributed by atoms with Gasteiger partial charge in [-0.3, -0.25) is 0 Å². The molecule has 4 heteroatoms. The minimum absolute atomic E-state index is 0.101. The minimum atomic E-state index is -0.312. The summed E-state index contributed by atoms with van der Waals surface area (Å²) in [6, 6.07) is 2.85. The lowest BCUT2D eigenvalue weighted by atomic mass is 9.95. The summed E-state index contributed by atoms with van der Waals surface area (Å²) >= 11 is 6.09. The fourth-order valence-corrected chi connectivity index (χ4v) is 2.41. The van der Waals surface area contributed by atoms with Crippen LogP contribution in [0.4, 0.5) is 4.39 Å². The Balaban J connectivity index is 2.03. The Morgan fingerprint density at radius 1 is 1.41 bits per heavy atom. The molecule has 0 spiro atoms. The van der Waals surface area contributed by atoms with Crippen molar-refractivity contribution in [1.82, 2.24) is 0 Å². The highest BCUT2D eigenvalue weighted by Crippen LogP contribution is 2.53. The Morgan fingerprint density at radius 2 is 2.12 bits per heavy atom. The van der Waals surface area contributed by atoms with Gasteiger partial charge in [-0.2, -0.15) is 0 Å². The predicted octanol–water partition coefficient (Wildman–Crippen LogP) is 3.01. The van der Waals surface area contributed by atoms with Crippen molar-refractivity contribution in [2.24, 2.45) is 5.73 Å². The molecule has 3 rings (SSSR count). The van der Waals surface area contributed by atoms with Crippen molar-refractivity contribution in [2.75, 3.05) is 6.54 Å². The maximum atomic E-state index is 13.5. The van der Waals surface area contributed by atoms with Gasteiger partial charge in [0.05, 0.1) is 11.1 Å². The monoisotopic (exact) mass is 255 g/mol. The first-order chi connectivity index (χ1) is 8.14. The van der Waals surface area contributed by atoms with E-state index in [1.54, 1.807) is 0 Å². The van der Waals surface area contributed by atoms with Gasteiger partial charge >= 0.3 is 0 Å². The molecule has 92 valence electrons. The first-order valence-electron chi connectivity index (χ1n) is 6.01. The van der Waals surface area contributed by atoms with Gasteiger partial charge in [-0.1, -0.05) is 11.6 Å². The lowest BCUT2D eigenvalue weighted by Crippen LogP contribution is -2.21. The van der Waals surface area contributed by atoms with Crippen molar-refractivity contribution in [3.63, 3.8) is 0 Å². The number of ether oxygens (including phenoxy) is 1. The Kier molecular flexibility index (Phi) is 2.56. The van der Waals surface area contributed by atoms with E-state index < -0.39 is 0 Å². The summed E-state index contributed by atoms with van der Waals surface area (Å²) in [4.78, 5) is 0. The Labute approximate surface area is 105 Å². The summed E-state index contributed by atoms with van der Waals surface area (Å²) in [5.41, 5.74) is 6.55. The van der Waals surface area contributed by atoms with Crippen LogP contribution in [0.25, 0.3) is 0 Å².